The van der Waals surface area contributed by atoms with Crippen LogP contribution >= 0.6 is 11.3 Å². The van der Waals surface area contributed by atoms with E-state index >= 15 is 0 Å². The minimum atomic E-state index is -0.158. The molecule has 0 aromatic carbocycles. The predicted octanol–water partition coefficient (Wildman–Crippen LogP) is 1.54. The van der Waals surface area contributed by atoms with Gasteiger partial charge in [-0.15, -0.1) is 11.3 Å². The first-order valence-electron chi connectivity index (χ1n) is 5.17. The van der Waals surface area contributed by atoms with Crippen molar-refractivity contribution >= 4 is 17.2 Å². The van der Waals surface area contributed by atoms with Crippen LogP contribution in [0.2, 0.25) is 0 Å². The standard InChI is InChI=1S/C12H15NO2S/c1-3-6-13-12(15)11-8-9(2)10(16-11)5-4-7-14/h8,14H,3,6-7H2,1-2H3,(H,13,15). The number of hydrogen-bond donors (Lipinski definition) is 2. The molecule has 1 heterocycles. The lowest BCUT2D eigenvalue weighted by molar-refractivity contribution is 0.0957. The highest BCUT2D eigenvalue weighted by atomic mass is 32.1. The average molecular weight is 237 g/mol. The third-order valence-corrected chi connectivity index (χ3v) is 3.11. The van der Waals surface area contributed by atoms with Crippen molar-refractivity contribution in [2.45, 2.75) is 20.3 Å². The first kappa shape index (κ1) is 12.8. The molecule has 0 saturated heterocycles. The van der Waals surface area contributed by atoms with Gasteiger partial charge in [-0.05, 0) is 25.0 Å². The molecule has 1 aromatic heterocycles. The van der Waals surface area contributed by atoms with Crippen LogP contribution in [0.15, 0.2) is 6.07 Å². The molecule has 4 heteroatoms. The minimum Gasteiger partial charge on any atom is -0.384 e. The Kier molecular flexibility index (Phi) is 5.03. The van der Waals surface area contributed by atoms with Gasteiger partial charge in [0.05, 0.1) is 9.75 Å². The predicted molar refractivity (Wildman–Crippen MR) is 65.6 cm³/mol. The van der Waals surface area contributed by atoms with Crippen molar-refractivity contribution in [3.8, 4) is 11.8 Å². The van der Waals surface area contributed by atoms with Gasteiger partial charge in [0.1, 0.15) is 6.61 Å². The van der Waals surface area contributed by atoms with Crippen LogP contribution in [0, 0.1) is 18.8 Å². The van der Waals surface area contributed by atoms with Crippen LogP contribution in [-0.4, -0.2) is 24.2 Å². The van der Waals surface area contributed by atoms with E-state index in [0.717, 1.165) is 16.9 Å². The Morgan fingerprint density at radius 3 is 3.00 bits per heavy atom. The molecule has 0 bridgehead atoms. The number of amides is 1. The summed E-state index contributed by atoms with van der Waals surface area (Å²) >= 11 is 1.36. The van der Waals surface area contributed by atoms with Gasteiger partial charge in [0.2, 0.25) is 0 Å². The molecular formula is C12H15NO2S. The highest BCUT2D eigenvalue weighted by Crippen LogP contribution is 2.20. The molecule has 3 nitrogen and oxygen atoms in total. The highest BCUT2D eigenvalue weighted by Gasteiger charge is 2.10. The Labute approximate surface area is 99.5 Å². The molecule has 0 saturated carbocycles. The van der Waals surface area contributed by atoms with Crippen LogP contribution in [0.3, 0.4) is 0 Å². The fourth-order valence-electron chi connectivity index (χ4n) is 1.16. The van der Waals surface area contributed by atoms with Gasteiger partial charge < -0.3 is 10.4 Å². The normalized spacial score (nSPS) is 9.44. The maximum absolute atomic E-state index is 11.6. The Morgan fingerprint density at radius 2 is 2.38 bits per heavy atom. The van der Waals surface area contributed by atoms with Crippen LogP contribution in [0.25, 0.3) is 0 Å². The van der Waals surface area contributed by atoms with E-state index in [2.05, 4.69) is 17.2 Å². The smallest absolute Gasteiger partial charge is 0.261 e. The molecule has 0 aliphatic rings. The maximum atomic E-state index is 11.6. The highest BCUT2D eigenvalue weighted by molar-refractivity contribution is 7.14. The SMILES string of the molecule is CCCNC(=O)c1cc(C)c(C#CCO)s1. The van der Waals surface area contributed by atoms with E-state index in [1.54, 1.807) is 0 Å². The Bertz CT molecular complexity index is 426. The van der Waals surface area contributed by atoms with Gasteiger partial charge in [-0.3, -0.25) is 4.79 Å². The zero-order valence-corrected chi connectivity index (χ0v) is 10.3. The molecule has 16 heavy (non-hydrogen) atoms. The number of aliphatic hydroxyl groups is 1. The number of rotatable bonds is 3. The molecule has 1 amide bonds. The van der Waals surface area contributed by atoms with Crippen molar-refractivity contribution in [2.24, 2.45) is 0 Å². The van der Waals surface area contributed by atoms with E-state index in [-0.39, 0.29) is 12.5 Å². The summed E-state index contributed by atoms with van der Waals surface area (Å²) in [5.41, 5.74) is 0.979. The number of carbonyl (C=O) groups is 1. The summed E-state index contributed by atoms with van der Waals surface area (Å²) in [6.07, 6.45) is 0.924. The fraction of sp³-hybridized carbons (Fsp3) is 0.417. The van der Waals surface area contributed by atoms with Crippen molar-refractivity contribution in [2.75, 3.05) is 13.2 Å². The molecule has 0 spiro atoms. The monoisotopic (exact) mass is 237 g/mol. The number of nitrogens with one attached hydrogen (secondary N) is 1. The zero-order chi connectivity index (χ0) is 12.0. The van der Waals surface area contributed by atoms with Gasteiger partial charge in [-0.25, -0.2) is 0 Å². The summed E-state index contributed by atoms with van der Waals surface area (Å²) in [7, 11) is 0. The number of hydrogen-bond acceptors (Lipinski definition) is 3. The van der Waals surface area contributed by atoms with E-state index in [9.17, 15) is 4.79 Å². The first-order valence-corrected chi connectivity index (χ1v) is 5.99. The summed E-state index contributed by atoms with van der Waals surface area (Å²) in [5.74, 6) is 5.37. The molecule has 1 rings (SSSR count). The van der Waals surface area contributed by atoms with Crippen molar-refractivity contribution in [3.05, 3.63) is 21.4 Å². The summed E-state index contributed by atoms with van der Waals surface area (Å²) in [6, 6.07) is 1.83. The van der Waals surface area contributed by atoms with Crippen LogP contribution in [0.4, 0.5) is 0 Å². The van der Waals surface area contributed by atoms with Gasteiger partial charge in [0, 0.05) is 6.54 Å². The van der Waals surface area contributed by atoms with Gasteiger partial charge in [-0.2, -0.15) is 0 Å². The lowest BCUT2D eigenvalue weighted by Gasteiger charge is -1.98. The molecule has 1 aromatic rings. The fourth-order valence-corrected chi connectivity index (χ4v) is 2.13. The average Bonchev–Trinajstić information content (AvgIpc) is 2.65. The van der Waals surface area contributed by atoms with E-state index < -0.39 is 0 Å². The van der Waals surface area contributed by atoms with Gasteiger partial charge in [0.15, 0.2) is 0 Å². The molecule has 0 aliphatic heterocycles. The maximum Gasteiger partial charge on any atom is 0.261 e. The molecular weight excluding hydrogens is 222 g/mol. The molecule has 0 atom stereocenters. The van der Waals surface area contributed by atoms with Gasteiger partial charge in [0.25, 0.3) is 5.91 Å². The number of aryl methyl sites for hydroxylation is 1. The molecule has 86 valence electrons. The van der Waals surface area contributed by atoms with Crippen molar-refractivity contribution in [3.63, 3.8) is 0 Å². The van der Waals surface area contributed by atoms with E-state index in [1.165, 1.54) is 11.3 Å². The van der Waals surface area contributed by atoms with Crippen LogP contribution in [-0.2, 0) is 0 Å². The quantitative estimate of drug-likeness (QED) is 0.783. The summed E-state index contributed by atoms with van der Waals surface area (Å²) in [5, 5.41) is 11.4. The third kappa shape index (κ3) is 3.37. The number of thiophene rings is 1. The Hall–Kier alpha value is -1.31. The molecule has 0 fully saturated rings. The Balaban J connectivity index is 2.79. The van der Waals surface area contributed by atoms with E-state index in [1.807, 2.05) is 19.9 Å². The second-order valence-corrected chi connectivity index (χ2v) is 4.39. The van der Waals surface area contributed by atoms with Crippen molar-refractivity contribution in [1.82, 2.24) is 5.32 Å². The topological polar surface area (TPSA) is 49.3 Å². The number of carbonyl (C=O) groups excluding carboxylic acids is 1. The second kappa shape index (κ2) is 6.31. The third-order valence-electron chi connectivity index (χ3n) is 1.96. The van der Waals surface area contributed by atoms with Crippen LogP contribution < -0.4 is 5.32 Å². The number of aliphatic hydroxyl groups excluding tert-OH is 1. The van der Waals surface area contributed by atoms with Gasteiger partial charge >= 0.3 is 0 Å². The molecule has 0 unspecified atom stereocenters. The first-order chi connectivity index (χ1) is 7.69. The largest absolute Gasteiger partial charge is 0.384 e. The Morgan fingerprint density at radius 1 is 1.62 bits per heavy atom. The van der Waals surface area contributed by atoms with E-state index in [4.69, 9.17) is 5.11 Å². The summed E-state index contributed by atoms with van der Waals surface area (Å²) in [6.45, 7) is 4.45. The lowest BCUT2D eigenvalue weighted by Crippen LogP contribution is -2.22. The summed E-state index contributed by atoms with van der Waals surface area (Å²) in [4.78, 5) is 13.2. The van der Waals surface area contributed by atoms with E-state index in [0.29, 0.717) is 11.4 Å². The van der Waals surface area contributed by atoms with Crippen molar-refractivity contribution in [1.29, 1.82) is 0 Å². The minimum absolute atomic E-state index is 0.0491. The second-order valence-electron chi connectivity index (χ2n) is 3.34. The lowest BCUT2D eigenvalue weighted by atomic mass is 10.2. The van der Waals surface area contributed by atoms with Crippen LogP contribution in [0.1, 0.15) is 33.5 Å². The molecule has 0 aliphatic carbocycles. The van der Waals surface area contributed by atoms with Crippen LogP contribution in [0.5, 0.6) is 0 Å². The molecule has 0 radical (unpaired) electrons. The molecule has 2 N–H and O–H groups in total. The van der Waals surface area contributed by atoms with Gasteiger partial charge in [-0.1, -0.05) is 18.8 Å². The van der Waals surface area contributed by atoms with Crippen molar-refractivity contribution < 1.29 is 9.90 Å². The zero-order valence-electron chi connectivity index (χ0n) is 9.46. The summed E-state index contributed by atoms with van der Waals surface area (Å²) < 4.78 is 0.